The maximum absolute atomic E-state index is 9.16. The van der Waals surface area contributed by atoms with E-state index in [1.807, 2.05) is 18.2 Å². The summed E-state index contributed by atoms with van der Waals surface area (Å²) in [7, 11) is 0. The molecule has 32 heavy (non-hydrogen) atoms. The molecule has 0 unspecified atom stereocenters. The van der Waals surface area contributed by atoms with Gasteiger partial charge in [-0.3, -0.25) is 0 Å². The Hall–Kier alpha value is -1.93. The topological polar surface area (TPSA) is 94.0 Å². The SMILES string of the molecule is CC(C)(c1ccc(OCCCN(N)/C(=C\N)CO)cc1)c1ccc(OCCCCl)c(Br)c1. The maximum Gasteiger partial charge on any atom is 0.133 e. The molecule has 0 amide bonds. The Morgan fingerprint density at radius 1 is 1.09 bits per heavy atom. The maximum atomic E-state index is 9.16. The van der Waals surface area contributed by atoms with Crippen molar-refractivity contribution in [1.29, 1.82) is 0 Å². The van der Waals surface area contributed by atoms with Gasteiger partial charge in [-0.2, -0.15) is 0 Å². The van der Waals surface area contributed by atoms with Gasteiger partial charge in [0.2, 0.25) is 0 Å². The van der Waals surface area contributed by atoms with Gasteiger partial charge < -0.3 is 25.3 Å². The number of hydrogen-bond donors (Lipinski definition) is 3. The number of benzene rings is 2. The minimum atomic E-state index is -0.189. The fourth-order valence-corrected chi connectivity index (χ4v) is 3.79. The summed E-state index contributed by atoms with van der Waals surface area (Å²) < 4.78 is 12.5. The van der Waals surface area contributed by atoms with Gasteiger partial charge >= 0.3 is 0 Å². The van der Waals surface area contributed by atoms with E-state index in [1.54, 1.807) is 0 Å². The summed E-state index contributed by atoms with van der Waals surface area (Å²) >= 11 is 9.34. The van der Waals surface area contributed by atoms with E-state index < -0.39 is 0 Å². The normalized spacial score (nSPS) is 12.0. The predicted octanol–water partition coefficient (Wildman–Crippen LogP) is 4.52. The number of alkyl halides is 1. The van der Waals surface area contributed by atoms with Crippen LogP contribution in [0.5, 0.6) is 11.5 Å². The number of nitrogens with zero attached hydrogens (tertiary/aromatic N) is 1. The molecule has 0 saturated heterocycles. The van der Waals surface area contributed by atoms with Crippen LogP contribution < -0.4 is 21.1 Å². The first-order valence-electron chi connectivity index (χ1n) is 10.6. The largest absolute Gasteiger partial charge is 0.494 e. The summed E-state index contributed by atoms with van der Waals surface area (Å²) in [5.74, 6) is 8.05. The smallest absolute Gasteiger partial charge is 0.133 e. The molecule has 0 spiro atoms. The second-order valence-electron chi connectivity index (χ2n) is 7.90. The highest BCUT2D eigenvalue weighted by Gasteiger charge is 2.24. The van der Waals surface area contributed by atoms with Crippen molar-refractivity contribution < 1.29 is 14.6 Å². The van der Waals surface area contributed by atoms with Crippen molar-refractivity contribution in [3.63, 3.8) is 0 Å². The quantitative estimate of drug-likeness (QED) is 0.154. The zero-order chi connectivity index (χ0) is 23.6. The van der Waals surface area contributed by atoms with Crippen molar-refractivity contribution in [2.24, 2.45) is 11.6 Å². The lowest BCUT2D eigenvalue weighted by Crippen LogP contribution is -2.34. The van der Waals surface area contributed by atoms with Gasteiger partial charge in [0.25, 0.3) is 0 Å². The molecule has 0 aliphatic heterocycles. The number of halogens is 2. The molecule has 0 radical (unpaired) electrons. The number of hydrazine groups is 1. The molecule has 0 atom stereocenters. The van der Waals surface area contributed by atoms with E-state index in [1.165, 1.54) is 22.3 Å². The van der Waals surface area contributed by atoms with E-state index in [-0.39, 0.29) is 12.0 Å². The molecular weight excluding hydrogens is 494 g/mol. The number of ether oxygens (including phenoxy) is 2. The lowest BCUT2D eigenvalue weighted by atomic mass is 9.78. The number of rotatable bonds is 13. The zero-order valence-electron chi connectivity index (χ0n) is 18.7. The van der Waals surface area contributed by atoms with Gasteiger partial charge in [0.05, 0.1) is 30.0 Å². The number of aliphatic hydroxyl groups is 1. The minimum Gasteiger partial charge on any atom is -0.494 e. The Bertz CT molecular complexity index is 875. The lowest BCUT2D eigenvalue weighted by molar-refractivity contribution is 0.232. The predicted molar refractivity (Wildman–Crippen MR) is 134 cm³/mol. The van der Waals surface area contributed by atoms with Crippen molar-refractivity contribution >= 4 is 27.5 Å². The summed E-state index contributed by atoms with van der Waals surface area (Å²) in [6.45, 7) is 5.84. The molecule has 0 aliphatic rings. The van der Waals surface area contributed by atoms with Gasteiger partial charge in [-0.15, -0.1) is 11.6 Å². The van der Waals surface area contributed by atoms with E-state index in [4.69, 9.17) is 37.8 Å². The van der Waals surface area contributed by atoms with Crippen LogP contribution in [-0.2, 0) is 5.41 Å². The molecule has 0 aliphatic carbocycles. The average Bonchev–Trinajstić information content (AvgIpc) is 2.79. The van der Waals surface area contributed by atoms with Gasteiger partial charge in [-0.25, -0.2) is 5.84 Å². The molecule has 2 rings (SSSR count). The number of hydrogen-bond acceptors (Lipinski definition) is 6. The summed E-state index contributed by atoms with van der Waals surface area (Å²) in [6.07, 6.45) is 2.82. The minimum absolute atomic E-state index is 0.189. The van der Waals surface area contributed by atoms with E-state index in [2.05, 4.69) is 54.0 Å². The van der Waals surface area contributed by atoms with Crippen LogP contribution in [0.15, 0.2) is 58.8 Å². The van der Waals surface area contributed by atoms with Crippen LogP contribution in [-0.4, -0.2) is 42.4 Å². The van der Waals surface area contributed by atoms with Gasteiger partial charge in [-0.05, 0) is 57.7 Å². The van der Waals surface area contributed by atoms with Crippen LogP contribution in [0, 0.1) is 0 Å². The zero-order valence-corrected chi connectivity index (χ0v) is 21.0. The third kappa shape index (κ3) is 7.30. The molecule has 176 valence electrons. The van der Waals surface area contributed by atoms with Crippen LogP contribution in [0.2, 0.25) is 0 Å². The molecule has 2 aromatic rings. The molecule has 0 heterocycles. The number of nitrogens with two attached hydrogens (primary N) is 2. The molecule has 8 heteroatoms. The summed E-state index contributed by atoms with van der Waals surface area (Å²) in [4.78, 5) is 0. The standard InChI is InChI=1S/C24H33BrClN3O3/c1-24(2,19-7-10-23(22(25)15-19)32-13-3-11-26)18-5-8-21(9-6-18)31-14-4-12-29(28)20(16-27)17-30/h5-10,15-16,30H,3-4,11-14,17,27-28H2,1-2H3/b20-16-. The first-order valence-corrected chi connectivity index (χ1v) is 11.9. The summed E-state index contributed by atoms with van der Waals surface area (Å²) in [6, 6.07) is 14.3. The third-order valence-electron chi connectivity index (χ3n) is 5.30. The fourth-order valence-electron chi connectivity index (χ4n) is 3.19. The van der Waals surface area contributed by atoms with E-state index >= 15 is 0 Å². The Labute approximate surface area is 204 Å². The van der Waals surface area contributed by atoms with Crippen LogP contribution in [0.1, 0.15) is 37.8 Å². The summed E-state index contributed by atoms with van der Waals surface area (Å²) in [5.41, 5.74) is 8.08. The molecular formula is C24H33BrClN3O3. The van der Waals surface area contributed by atoms with E-state index in [0.717, 1.165) is 22.4 Å². The molecule has 0 fully saturated rings. The second kappa shape index (κ2) is 12.9. The van der Waals surface area contributed by atoms with Gasteiger partial charge in [0.1, 0.15) is 11.5 Å². The Morgan fingerprint density at radius 3 is 2.34 bits per heavy atom. The van der Waals surface area contributed by atoms with Crippen molar-refractivity contribution in [3.05, 3.63) is 70.0 Å². The molecule has 5 N–H and O–H groups in total. The van der Waals surface area contributed by atoms with Gasteiger partial charge in [0.15, 0.2) is 0 Å². The molecule has 0 aromatic heterocycles. The van der Waals surface area contributed by atoms with E-state index in [9.17, 15) is 0 Å². The molecule has 6 nitrogen and oxygen atoms in total. The molecule has 0 bridgehead atoms. The van der Waals surface area contributed by atoms with Crippen molar-refractivity contribution in [2.45, 2.75) is 32.1 Å². The highest BCUT2D eigenvalue weighted by Crippen LogP contribution is 2.36. The number of aliphatic hydroxyl groups excluding tert-OH is 1. The Balaban J connectivity index is 1.95. The first kappa shape index (κ1) is 26.3. The fraction of sp³-hybridized carbons (Fsp3) is 0.417. The van der Waals surface area contributed by atoms with Gasteiger partial charge in [0, 0.05) is 30.5 Å². The Kier molecular flexibility index (Phi) is 10.6. The second-order valence-corrected chi connectivity index (χ2v) is 9.13. The average molecular weight is 527 g/mol. The van der Waals surface area contributed by atoms with Crippen LogP contribution in [0.25, 0.3) is 0 Å². The lowest BCUT2D eigenvalue weighted by Gasteiger charge is -2.27. The van der Waals surface area contributed by atoms with Crippen LogP contribution in [0.4, 0.5) is 0 Å². The Morgan fingerprint density at radius 2 is 1.75 bits per heavy atom. The molecule has 2 aromatic carbocycles. The van der Waals surface area contributed by atoms with Crippen molar-refractivity contribution in [2.75, 3.05) is 32.2 Å². The third-order valence-corrected chi connectivity index (χ3v) is 6.19. The monoisotopic (exact) mass is 525 g/mol. The van der Waals surface area contributed by atoms with E-state index in [0.29, 0.717) is 37.8 Å². The highest BCUT2D eigenvalue weighted by molar-refractivity contribution is 9.10. The van der Waals surface area contributed by atoms with Crippen molar-refractivity contribution in [1.82, 2.24) is 5.01 Å². The highest BCUT2D eigenvalue weighted by atomic mass is 79.9. The van der Waals surface area contributed by atoms with Crippen LogP contribution in [0.3, 0.4) is 0 Å². The van der Waals surface area contributed by atoms with Gasteiger partial charge in [-0.1, -0.05) is 32.0 Å². The van der Waals surface area contributed by atoms with Crippen LogP contribution >= 0.6 is 27.5 Å². The van der Waals surface area contributed by atoms with Crippen molar-refractivity contribution in [3.8, 4) is 11.5 Å². The molecule has 0 saturated carbocycles. The first-order chi connectivity index (χ1) is 15.3. The summed E-state index contributed by atoms with van der Waals surface area (Å²) in [5, 5.41) is 10.6.